The molecule has 262 valence electrons. The highest BCUT2D eigenvalue weighted by atomic mass is 16.3. The SMILES string of the molecule is CC(C)=CCC/C(C)=C/CC/C(C)=C/CC/C(C)=C/CC/C(C)=C/CC/C(C)=C/CC/C(C)=C/CC/C(C)=C/CC[C@H](C)CCO. The first-order valence-corrected chi connectivity index (χ1v) is 18.8. The summed E-state index contributed by atoms with van der Waals surface area (Å²) >= 11 is 0. The Hall–Kier alpha value is -2.12. The van der Waals surface area contributed by atoms with Gasteiger partial charge in [0.2, 0.25) is 0 Å². The monoisotopic (exact) mass is 633 g/mol. The van der Waals surface area contributed by atoms with E-state index in [2.05, 4.69) is 118 Å². The molecule has 0 fully saturated rings. The average Bonchev–Trinajstić information content (AvgIpc) is 2.97. The summed E-state index contributed by atoms with van der Waals surface area (Å²) in [6, 6.07) is 0. The van der Waals surface area contributed by atoms with Gasteiger partial charge in [0.25, 0.3) is 0 Å². The maximum Gasteiger partial charge on any atom is 0.0433 e. The molecule has 0 aromatic carbocycles. The lowest BCUT2D eigenvalue weighted by atomic mass is 10.0. The van der Waals surface area contributed by atoms with E-state index >= 15 is 0 Å². The summed E-state index contributed by atoms with van der Waals surface area (Å²) in [4.78, 5) is 0. The van der Waals surface area contributed by atoms with Gasteiger partial charge in [0.15, 0.2) is 0 Å². The van der Waals surface area contributed by atoms with Gasteiger partial charge in [-0.05, 0) is 177 Å². The Bertz CT molecular complexity index is 1040. The molecule has 1 heteroatoms. The van der Waals surface area contributed by atoms with E-state index in [1.165, 1.54) is 102 Å². The first-order chi connectivity index (χ1) is 21.9. The Morgan fingerprint density at radius 2 is 0.609 bits per heavy atom. The fourth-order valence-electron chi connectivity index (χ4n) is 5.56. The maximum atomic E-state index is 9.04. The van der Waals surface area contributed by atoms with Crippen molar-refractivity contribution < 1.29 is 5.11 Å². The number of allylic oxidation sites excluding steroid dienone is 16. The zero-order valence-corrected chi connectivity index (χ0v) is 32.4. The van der Waals surface area contributed by atoms with E-state index in [1.54, 1.807) is 0 Å². The minimum atomic E-state index is 0.312. The van der Waals surface area contributed by atoms with Crippen LogP contribution in [0.15, 0.2) is 93.2 Å². The average molecular weight is 633 g/mol. The molecule has 0 rings (SSSR count). The van der Waals surface area contributed by atoms with Crippen LogP contribution >= 0.6 is 0 Å². The molecule has 0 aromatic heterocycles. The number of aliphatic hydroxyl groups excluding tert-OH is 1. The molecule has 0 aliphatic rings. The van der Waals surface area contributed by atoms with Crippen LogP contribution in [-0.2, 0) is 0 Å². The molecule has 0 radical (unpaired) electrons. The molecule has 0 bridgehead atoms. The van der Waals surface area contributed by atoms with Crippen molar-refractivity contribution in [1.29, 1.82) is 0 Å². The van der Waals surface area contributed by atoms with Crippen molar-refractivity contribution in [1.82, 2.24) is 0 Å². The molecule has 1 nitrogen and oxygen atoms in total. The van der Waals surface area contributed by atoms with Crippen LogP contribution in [0.1, 0.15) is 178 Å². The minimum Gasteiger partial charge on any atom is -0.396 e. The Labute approximate surface area is 288 Å². The zero-order chi connectivity index (χ0) is 34.6. The third-order valence-electron chi connectivity index (χ3n) is 9.05. The van der Waals surface area contributed by atoms with Gasteiger partial charge in [-0.25, -0.2) is 0 Å². The first kappa shape index (κ1) is 43.9. The quantitative estimate of drug-likeness (QED) is 0.0941. The van der Waals surface area contributed by atoms with Crippen LogP contribution < -0.4 is 0 Å². The van der Waals surface area contributed by atoms with E-state index in [0.29, 0.717) is 12.5 Å². The van der Waals surface area contributed by atoms with Crippen molar-refractivity contribution in [2.24, 2.45) is 5.92 Å². The van der Waals surface area contributed by atoms with Crippen LogP contribution in [0, 0.1) is 5.92 Å². The molecule has 0 saturated heterocycles. The van der Waals surface area contributed by atoms with Crippen LogP contribution in [-0.4, -0.2) is 11.7 Å². The Kier molecular flexibility index (Phi) is 27.7. The topological polar surface area (TPSA) is 20.2 Å². The van der Waals surface area contributed by atoms with Crippen molar-refractivity contribution in [2.45, 2.75) is 178 Å². The smallest absolute Gasteiger partial charge is 0.0433 e. The number of aliphatic hydroxyl groups is 1. The summed E-state index contributed by atoms with van der Waals surface area (Å²) in [5.41, 5.74) is 12.1. The first-order valence-electron chi connectivity index (χ1n) is 18.8. The number of hydrogen-bond donors (Lipinski definition) is 1. The fourth-order valence-corrected chi connectivity index (χ4v) is 5.56. The van der Waals surface area contributed by atoms with E-state index in [4.69, 9.17) is 5.11 Å². The van der Waals surface area contributed by atoms with Crippen LogP contribution in [0.2, 0.25) is 0 Å². The predicted molar refractivity (Wildman–Crippen MR) is 210 cm³/mol. The maximum absolute atomic E-state index is 9.04. The lowest BCUT2D eigenvalue weighted by molar-refractivity contribution is 0.259. The molecular weight excluding hydrogens is 556 g/mol. The second kappa shape index (κ2) is 29.1. The van der Waals surface area contributed by atoms with E-state index in [-0.39, 0.29) is 0 Å². The van der Waals surface area contributed by atoms with Crippen molar-refractivity contribution in [2.75, 3.05) is 6.61 Å². The van der Waals surface area contributed by atoms with Gasteiger partial charge in [-0.15, -0.1) is 0 Å². The zero-order valence-electron chi connectivity index (χ0n) is 32.4. The van der Waals surface area contributed by atoms with Crippen LogP contribution in [0.25, 0.3) is 0 Å². The van der Waals surface area contributed by atoms with Gasteiger partial charge in [0, 0.05) is 6.61 Å². The molecule has 0 heterocycles. The van der Waals surface area contributed by atoms with Gasteiger partial charge in [-0.2, -0.15) is 0 Å². The Morgan fingerprint density at radius 1 is 0.370 bits per heavy atom. The molecule has 0 aromatic rings. The summed E-state index contributed by atoms with van der Waals surface area (Å²) in [5, 5.41) is 9.04. The van der Waals surface area contributed by atoms with Gasteiger partial charge >= 0.3 is 0 Å². The van der Waals surface area contributed by atoms with Crippen molar-refractivity contribution in [3.8, 4) is 0 Å². The molecule has 0 amide bonds. The van der Waals surface area contributed by atoms with Gasteiger partial charge in [0.05, 0.1) is 0 Å². The van der Waals surface area contributed by atoms with Crippen LogP contribution in [0.5, 0.6) is 0 Å². The molecule has 1 N–H and O–H groups in total. The summed E-state index contributed by atoms with van der Waals surface area (Å²) in [6.07, 6.45) is 39.0. The van der Waals surface area contributed by atoms with Crippen molar-refractivity contribution >= 4 is 0 Å². The van der Waals surface area contributed by atoms with Crippen LogP contribution in [0.3, 0.4) is 0 Å². The van der Waals surface area contributed by atoms with E-state index in [0.717, 1.165) is 51.4 Å². The van der Waals surface area contributed by atoms with Crippen molar-refractivity contribution in [3.05, 3.63) is 93.2 Å². The normalized spacial score (nSPS) is 15.1. The number of hydrogen-bond acceptors (Lipinski definition) is 1. The molecule has 0 unspecified atom stereocenters. The number of rotatable bonds is 26. The minimum absolute atomic E-state index is 0.312. The van der Waals surface area contributed by atoms with Gasteiger partial charge in [0.1, 0.15) is 0 Å². The molecule has 0 saturated carbocycles. The Morgan fingerprint density at radius 3 is 0.848 bits per heavy atom. The van der Waals surface area contributed by atoms with Gasteiger partial charge in [-0.3, -0.25) is 0 Å². The highest BCUT2D eigenvalue weighted by Gasteiger charge is 2.00. The largest absolute Gasteiger partial charge is 0.396 e. The lowest BCUT2D eigenvalue weighted by Crippen LogP contribution is -1.97. The molecule has 0 aliphatic heterocycles. The molecule has 0 aliphatic carbocycles. The molecule has 1 atom stereocenters. The third-order valence-corrected chi connectivity index (χ3v) is 9.05. The second-order valence-corrected chi connectivity index (χ2v) is 14.6. The highest BCUT2D eigenvalue weighted by molar-refractivity contribution is 5.10. The second-order valence-electron chi connectivity index (χ2n) is 14.6. The Balaban J connectivity index is 4.19. The summed E-state index contributed by atoms with van der Waals surface area (Å²) < 4.78 is 0. The van der Waals surface area contributed by atoms with Gasteiger partial charge < -0.3 is 5.11 Å². The fraction of sp³-hybridized carbons (Fsp3) is 0.644. The predicted octanol–water partition coefficient (Wildman–Crippen LogP) is 14.8. The van der Waals surface area contributed by atoms with Gasteiger partial charge in [-0.1, -0.05) is 100 Å². The van der Waals surface area contributed by atoms with E-state index in [1.807, 2.05) is 0 Å². The summed E-state index contributed by atoms with van der Waals surface area (Å²) in [5.74, 6) is 0.618. The molecule has 46 heavy (non-hydrogen) atoms. The summed E-state index contributed by atoms with van der Waals surface area (Å²) in [7, 11) is 0. The van der Waals surface area contributed by atoms with Crippen molar-refractivity contribution in [3.63, 3.8) is 0 Å². The highest BCUT2D eigenvalue weighted by Crippen LogP contribution is 2.18. The third kappa shape index (κ3) is 29.3. The summed E-state index contributed by atoms with van der Waals surface area (Å²) in [6.45, 7) is 22.9. The standard InChI is InChI=1S/C45H76O/c1-37(2)19-11-20-38(3)21-12-22-39(4)23-13-24-40(5)25-14-26-41(6)27-15-28-42(7)29-16-30-43(8)31-17-32-44(9)33-18-34-45(10)35-36-46/h19,21,23,25,27,29,31,33,45-46H,11-18,20,22,24,26,28,30,32,34-36H2,1-10H3/b38-21+,39-23+,40-25+,41-27+,42-29+,43-31+,44-33+/t45-/m0/s1. The van der Waals surface area contributed by atoms with Crippen LogP contribution in [0.4, 0.5) is 0 Å². The molecular formula is C45H76O. The van der Waals surface area contributed by atoms with E-state index < -0.39 is 0 Å². The van der Waals surface area contributed by atoms with E-state index in [9.17, 15) is 0 Å². The molecule has 0 spiro atoms. The lowest BCUT2D eigenvalue weighted by Gasteiger charge is -2.07.